The monoisotopic (exact) mass is 582 g/mol. The number of carbonyl (C=O) groups is 1. The van der Waals surface area contributed by atoms with Gasteiger partial charge in [-0.15, -0.1) is 11.3 Å². The minimum atomic E-state index is -0.628. The summed E-state index contributed by atoms with van der Waals surface area (Å²) in [5, 5.41) is 11.0. The molecule has 0 saturated carbocycles. The number of fused-ring (bicyclic) bond motifs is 2. The van der Waals surface area contributed by atoms with E-state index in [-0.39, 0.29) is 12.2 Å². The van der Waals surface area contributed by atoms with Crippen LogP contribution in [0.1, 0.15) is 71.2 Å². The van der Waals surface area contributed by atoms with E-state index in [2.05, 4.69) is 21.7 Å². The van der Waals surface area contributed by atoms with Gasteiger partial charge in [-0.05, 0) is 82.2 Å². The number of aryl methyl sites for hydroxylation is 2. The Labute approximate surface area is 246 Å². The molecule has 0 fully saturated rings. The second kappa shape index (κ2) is 10.8. The molecule has 2 aliphatic rings. The number of thiazole rings is 1. The van der Waals surface area contributed by atoms with Crippen LogP contribution in [-0.4, -0.2) is 21.7 Å². The van der Waals surface area contributed by atoms with E-state index >= 15 is 0 Å². The first-order valence-corrected chi connectivity index (χ1v) is 15.5. The third-order valence-electron chi connectivity index (χ3n) is 7.86. The second-order valence-corrected chi connectivity index (χ2v) is 12.5. The Morgan fingerprint density at radius 2 is 1.93 bits per heavy atom. The number of hydrogen-bond acceptors (Lipinski definition) is 7. The zero-order valence-electron chi connectivity index (χ0n) is 23.5. The molecule has 1 aromatic carbocycles. The minimum absolute atomic E-state index is 0.203. The van der Waals surface area contributed by atoms with Crippen LogP contribution in [0, 0.1) is 25.2 Å². The van der Waals surface area contributed by atoms with Crippen LogP contribution in [0.25, 0.3) is 11.1 Å². The molecular weight excluding hydrogens is 553 g/mol. The lowest BCUT2D eigenvalue weighted by Crippen LogP contribution is -2.39. The maximum atomic E-state index is 14.0. The molecule has 0 amide bonds. The number of nitriles is 1. The van der Waals surface area contributed by atoms with E-state index in [4.69, 9.17) is 4.74 Å². The van der Waals surface area contributed by atoms with Crippen molar-refractivity contribution in [1.29, 1.82) is 5.26 Å². The molecule has 0 bridgehead atoms. The fraction of sp³-hybridized carbons (Fsp3) is 0.312. The van der Waals surface area contributed by atoms with Gasteiger partial charge in [-0.2, -0.15) is 5.26 Å². The van der Waals surface area contributed by atoms with Crippen molar-refractivity contribution in [1.82, 2.24) is 9.13 Å². The lowest BCUT2D eigenvalue weighted by Gasteiger charge is -2.24. The van der Waals surface area contributed by atoms with Gasteiger partial charge in [0, 0.05) is 16.3 Å². The summed E-state index contributed by atoms with van der Waals surface area (Å²) in [6.45, 7) is 7.86. The molecule has 0 N–H and O–H groups in total. The van der Waals surface area contributed by atoms with Gasteiger partial charge in [0.2, 0.25) is 0 Å². The highest BCUT2D eigenvalue weighted by molar-refractivity contribution is 7.15. The highest BCUT2D eigenvalue weighted by Gasteiger charge is 2.33. The van der Waals surface area contributed by atoms with Crippen molar-refractivity contribution in [3.8, 4) is 11.1 Å². The largest absolute Gasteiger partial charge is 0.463 e. The molecule has 7 nitrogen and oxygen atoms in total. The summed E-state index contributed by atoms with van der Waals surface area (Å²) in [6, 6.07) is 13.5. The average molecular weight is 583 g/mol. The molecule has 1 aliphatic heterocycles. The minimum Gasteiger partial charge on any atom is -0.463 e. The predicted molar refractivity (Wildman–Crippen MR) is 161 cm³/mol. The Bertz CT molecular complexity index is 1950. The molecule has 0 spiro atoms. The summed E-state index contributed by atoms with van der Waals surface area (Å²) in [5.41, 5.74) is 6.44. The first kappa shape index (κ1) is 27.2. The number of ether oxygens (including phenoxy) is 1. The maximum absolute atomic E-state index is 14.0. The average Bonchev–Trinajstić information content (AvgIpc) is 3.58. The van der Waals surface area contributed by atoms with Gasteiger partial charge in [0.1, 0.15) is 11.1 Å². The standard InChI is InChI=1S/C32H30N4O3S2/c1-5-39-31(38)27-19(3)34-32-36(28(27)21-11-7-6-8-12-21)29(37)26(41-32)16-22-15-18(2)35(20(22)4)30-24(17-33)23-13-9-10-14-25(23)40-30/h6-8,11-12,15-16,28H,5,9-10,13-14H2,1-4H3/b26-16+/t28-/m0/s1. The molecule has 0 radical (unpaired) electrons. The van der Waals surface area contributed by atoms with Gasteiger partial charge in [-0.25, -0.2) is 9.79 Å². The van der Waals surface area contributed by atoms with Gasteiger partial charge < -0.3 is 9.30 Å². The van der Waals surface area contributed by atoms with E-state index in [0.717, 1.165) is 58.8 Å². The van der Waals surface area contributed by atoms with Crippen molar-refractivity contribution in [3.05, 3.63) is 106 Å². The fourth-order valence-corrected chi connectivity index (χ4v) is 8.44. The van der Waals surface area contributed by atoms with Crippen LogP contribution in [0.15, 0.2) is 57.5 Å². The zero-order chi connectivity index (χ0) is 28.8. The highest BCUT2D eigenvalue weighted by Crippen LogP contribution is 2.38. The van der Waals surface area contributed by atoms with Crippen LogP contribution in [0.5, 0.6) is 0 Å². The maximum Gasteiger partial charge on any atom is 0.338 e. The fourth-order valence-electron chi connectivity index (χ4n) is 5.95. The van der Waals surface area contributed by atoms with Crippen LogP contribution in [0.3, 0.4) is 0 Å². The quantitative estimate of drug-likeness (QED) is 0.309. The number of benzene rings is 1. The predicted octanol–water partition coefficient (Wildman–Crippen LogP) is 5.02. The van der Waals surface area contributed by atoms with Gasteiger partial charge in [0.05, 0.1) is 34.0 Å². The molecule has 41 heavy (non-hydrogen) atoms. The topological polar surface area (TPSA) is 89.4 Å². The number of allylic oxidation sites excluding steroid dienone is 1. The highest BCUT2D eigenvalue weighted by atomic mass is 32.1. The summed E-state index contributed by atoms with van der Waals surface area (Å²) < 4.78 is 9.69. The summed E-state index contributed by atoms with van der Waals surface area (Å²) in [6.07, 6.45) is 6.17. The van der Waals surface area contributed by atoms with Crippen molar-refractivity contribution in [3.63, 3.8) is 0 Å². The summed E-state index contributed by atoms with van der Waals surface area (Å²) in [5.74, 6) is -0.465. The Kier molecular flexibility index (Phi) is 7.14. The number of carbonyl (C=O) groups excluding carboxylic acids is 1. The zero-order valence-corrected chi connectivity index (χ0v) is 25.1. The first-order chi connectivity index (χ1) is 19.8. The van der Waals surface area contributed by atoms with Crippen molar-refractivity contribution in [2.75, 3.05) is 6.61 Å². The smallest absolute Gasteiger partial charge is 0.338 e. The Morgan fingerprint density at radius 3 is 2.66 bits per heavy atom. The van der Waals surface area contributed by atoms with E-state index in [0.29, 0.717) is 20.6 Å². The Balaban J connectivity index is 1.51. The Hall–Kier alpha value is -4.00. The van der Waals surface area contributed by atoms with Crippen LogP contribution >= 0.6 is 22.7 Å². The van der Waals surface area contributed by atoms with Gasteiger partial charge >= 0.3 is 5.97 Å². The van der Waals surface area contributed by atoms with E-state index in [1.807, 2.05) is 50.3 Å². The summed E-state index contributed by atoms with van der Waals surface area (Å²) >= 11 is 3.04. The number of rotatable bonds is 5. The van der Waals surface area contributed by atoms with Gasteiger partial charge in [-0.3, -0.25) is 9.36 Å². The number of hydrogen-bond donors (Lipinski definition) is 0. The summed E-state index contributed by atoms with van der Waals surface area (Å²) in [4.78, 5) is 33.6. The molecular formula is C32H30N4O3S2. The third kappa shape index (κ3) is 4.52. The molecule has 1 atom stereocenters. The van der Waals surface area contributed by atoms with E-state index < -0.39 is 12.0 Å². The van der Waals surface area contributed by atoms with E-state index in [1.165, 1.54) is 21.8 Å². The normalized spacial score (nSPS) is 16.7. The van der Waals surface area contributed by atoms with Gasteiger partial charge in [0.15, 0.2) is 4.80 Å². The molecule has 1 aliphatic carbocycles. The van der Waals surface area contributed by atoms with Crippen LogP contribution < -0.4 is 14.9 Å². The molecule has 0 unspecified atom stereocenters. The van der Waals surface area contributed by atoms with Crippen molar-refractivity contribution in [2.45, 2.75) is 59.4 Å². The van der Waals surface area contributed by atoms with Crippen molar-refractivity contribution < 1.29 is 9.53 Å². The molecule has 208 valence electrons. The number of esters is 1. The molecule has 0 saturated heterocycles. The third-order valence-corrected chi connectivity index (χ3v) is 10.1. The molecule has 6 rings (SSSR count). The SMILES string of the molecule is CCOC(=O)C1=C(C)N=c2s/c(=C/c3cc(C)n(-c4sc5c(c4C#N)CCCC5)c3C)c(=O)n2[C@H]1c1ccccc1. The van der Waals surface area contributed by atoms with Gasteiger partial charge in [-0.1, -0.05) is 41.7 Å². The van der Waals surface area contributed by atoms with Crippen molar-refractivity contribution in [2.24, 2.45) is 4.99 Å². The number of thiophene rings is 1. The van der Waals surface area contributed by atoms with Crippen LogP contribution in [0.2, 0.25) is 0 Å². The molecule has 9 heteroatoms. The van der Waals surface area contributed by atoms with Crippen LogP contribution in [-0.2, 0) is 22.4 Å². The lowest BCUT2D eigenvalue weighted by atomic mass is 9.96. The van der Waals surface area contributed by atoms with Crippen LogP contribution in [0.4, 0.5) is 0 Å². The second-order valence-electron chi connectivity index (χ2n) is 10.4. The first-order valence-electron chi connectivity index (χ1n) is 13.8. The number of aromatic nitrogens is 2. The summed E-state index contributed by atoms with van der Waals surface area (Å²) in [7, 11) is 0. The Morgan fingerprint density at radius 1 is 1.17 bits per heavy atom. The van der Waals surface area contributed by atoms with E-state index in [1.54, 1.807) is 29.8 Å². The molecule has 3 aromatic heterocycles. The van der Waals surface area contributed by atoms with Crippen molar-refractivity contribution >= 4 is 34.7 Å². The molecule has 4 aromatic rings. The van der Waals surface area contributed by atoms with Gasteiger partial charge in [0.25, 0.3) is 5.56 Å². The number of nitrogens with zero attached hydrogens (tertiary/aromatic N) is 4. The van der Waals surface area contributed by atoms with E-state index in [9.17, 15) is 14.9 Å². The molecule has 4 heterocycles. The lowest BCUT2D eigenvalue weighted by molar-refractivity contribution is -0.139.